The second-order valence-corrected chi connectivity index (χ2v) is 4.44. The molecule has 0 bridgehead atoms. The van der Waals surface area contributed by atoms with Gasteiger partial charge in [-0.25, -0.2) is 4.98 Å². The summed E-state index contributed by atoms with van der Waals surface area (Å²) in [5.41, 5.74) is 1.92. The number of rotatable bonds is 5. The van der Waals surface area contributed by atoms with Gasteiger partial charge in [-0.15, -0.1) is 0 Å². The minimum Gasteiger partial charge on any atom is -0.497 e. The zero-order valence-corrected chi connectivity index (χ0v) is 11.9. The third kappa shape index (κ3) is 3.17. The SMILES string of the molecule is COc1ccc2nc(OC)cc(CCNC(C)=O)c2c1. The van der Waals surface area contributed by atoms with Gasteiger partial charge in [-0.2, -0.15) is 0 Å². The lowest BCUT2D eigenvalue weighted by atomic mass is 10.1. The molecule has 1 aromatic heterocycles. The van der Waals surface area contributed by atoms with E-state index in [2.05, 4.69) is 10.3 Å². The van der Waals surface area contributed by atoms with Gasteiger partial charge in [0.2, 0.25) is 11.8 Å². The van der Waals surface area contributed by atoms with E-state index in [1.807, 2.05) is 24.3 Å². The Morgan fingerprint density at radius 1 is 1.25 bits per heavy atom. The summed E-state index contributed by atoms with van der Waals surface area (Å²) in [7, 11) is 3.23. The van der Waals surface area contributed by atoms with Crippen molar-refractivity contribution in [2.24, 2.45) is 0 Å². The molecule has 0 fully saturated rings. The maximum atomic E-state index is 11.0. The second kappa shape index (κ2) is 6.23. The molecule has 1 N–H and O–H groups in total. The Bertz CT molecular complexity index is 626. The number of hydrogen-bond donors (Lipinski definition) is 1. The Morgan fingerprint density at radius 2 is 2.05 bits per heavy atom. The molecule has 0 aliphatic heterocycles. The summed E-state index contributed by atoms with van der Waals surface area (Å²) >= 11 is 0. The van der Waals surface area contributed by atoms with E-state index in [0.29, 0.717) is 18.8 Å². The molecule has 106 valence electrons. The van der Waals surface area contributed by atoms with Gasteiger partial charge in [0.25, 0.3) is 0 Å². The molecule has 1 heterocycles. The molecule has 0 spiro atoms. The van der Waals surface area contributed by atoms with Crippen molar-refractivity contribution in [2.75, 3.05) is 20.8 Å². The predicted octanol–water partition coefficient (Wildman–Crippen LogP) is 1.93. The van der Waals surface area contributed by atoms with Crippen LogP contribution in [-0.4, -0.2) is 31.7 Å². The molecule has 2 rings (SSSR count). The van der Waals surface area contributed by atoms with Crippen LogP contribution in [0.15, 0.2) is 24.3 Å². The second-order valence-electron chi connectivity index (χ2n) is 4.44. The minimum atomic E-state index is -0.0343. The molecule has 0 radical (unpaired) electrons. The molecular formula is C15H18N2O3. The lowest BCUT2D eigenvalue weighted by molar-refractivity contribution is -0.118. The highest BCUT2D eigenvalue weighted by molar-refractivity contribution is 5.84. The fourth-order valence-corrected chi connectivity index (χ4v) is 2.06. The summed E-state index contributed by atoms with van der Waals surface area (Å²) in [5.74, 6) is 1.32. The fraction of sp³-hybridized carbons (Fsp3) is 0.333. The van der Waals surface area contributed by atoms with Crippen LogP contribution < -0.4 is 14.8 Å². The lowest BCUT2D eigenvalue weighted by Gasteiger charge is -2.10. The summed E-state index contributed by atoms with van der Waals surface area (Å²) in [4.78, 5) is 15.4. The molecule has 0 saturated heterocycles. The first-order valence-electron chi connectivity index (χ1n) is 6.40. The number of carbonyl (C=O) groups is 1. The molecular weight excluding hydrogens is 256 g/mol. The highest BCUT2D eigenvalue weighted by Crippen LogP contribution is 2.26. The number of fused-ring (bicyclic) bond motifs is 1. The topological polar surface area (TPSA) is 60.5 Å². The van der Waals surface area contributed by atoms with Crippen LogP contribution >= 0.6 is 0 Å². The van der Waals surface area contributed by atoms with E-state index in [-0.39, 0.29) is 5.91 Å². The number of nitrogens with zero attached hydrogens (tertiary/aromatic N) is 1. The lowest BCUT2D eigenvalue weighted by Crippen LogP contribution is -2.22. The third-order valence-corrected chi connectivity index (χ3v) is 3.06. The Balaban J connectivity index is 2.39. The average Bonchev–Trinajstić information content (AvgIpc) is 2.46. The van der Waals surface area contributed by atoms with Gasteiger partial charge in [-0.3, -0.25) is 4.79 Å². The van der Waals surface area contributed by atoms with Crippen LogP contribution in [0.3, 0.4) is 0 Å². The minimum absolute atomic E-state index is 0.0343. The summed E-state index contributed by atoms with van der Waals surface area (Å²) in [5, 5.41) is 3.80. The number of carbonyl (C=O) groups excluding carboxylic acids is 1. The van der Waals surface area contributed by atoms with E-state index < -0.39 is 0 Å². The molecule has 5 nitrogen and oxygen atoms in total. The standard InChI is InChI=1S/C15H18N2O3/c1-10(18)16-7-6-11-8-15(20-3)17-14-5-4-12(19-2)9-13(11)14/h4-5,8-9H,6-7H2,1-3H3,(H,16,18). The van der Waals surface area contributed by atoms with Crippen LogP contribution in [0.4, 0.5) is 0 Å². The Labute approximate surface area is 117 Å². The van der Waals surface area contributed by atoms with Crippen LogP contribution in [0, 0.1) is 0 Å². The smallest absolute Gasteiger partial charge is 0.216 e. The number of methoxy groups -OCH3 is 2. The maximum Gasteiger partial charge on any atom is 0.216 e. The molecule has 1 aromatic carbocycles. The summed E-state index contributed by atoms with van der Waals surface area (Å²) in [6, 6.07) is 7.61. The normalized spacial score (nSPS) is 10.3. The van der Waals surface area contributed by atoms with E-state index in [4.69, 9.17) is 9.47 Å². The van der Waals surface area contributed by atoms with Crippen molar-refractivity contribution in [1.29, 1.82) is 0 Å². The van der Waals surface area contributed by atoms with Crippen molar-refractivity contribution in [3.8, 4) is 11.6 Å². The van der Waals surface area contributed by atoms with Crippen LogP contribution in [0.1, 0.15) is 12.5 Å². The van der Waals surface area contributed by atoms with Crippen LogP contribution in [0.25, 0.3) is 10.9 Å². The van der Waals surface area contributed by atoms with E-state index in [1.165, 1.54) is 6.92 Å². The zero-order chi connectivity index (χ0) is 14.5. The van der Waals surface area contributed by atoms with Crippen molar-refractivity contribution < 1.29 is 14.3 Å². The Hall–Kier alpha value is -2.30. The molecule has 0 aliphatic rings. The molecule has 0 atom stereocenters. The van der Waals surface area contributed by atoms with Gasteiger partial charge in [-0.05, 0) is 30.2 Å². The highest BCUT2D eigenvalue weighted by atomic mass is 16.5. The summed E-state index contributed by atoms with van der Waals surface area (Å²) in [6.07, 6.45) is 0.710. The average molecular weight is 274 g/mol. The molecule has 5 heteroatoms. The quantitative estimate of drug-likeness (QED) is 0.905. The number of aromatic nitrogens is 1. The Kier molecular flexibility index (Phi) is 4.40. The predicted molar refractivity (Wildman–Crippen MR) is 77.2 cm³/mol. The van der Waals surface area contributed by atoms with Gasteiger partial charge >= 0.3 is 0 Å². The van der Waals surface area contributed by atoms with Gasteiger partial charge in [-0.1, -0.05) is 0 Å². The number of amides is 1. The molecule has 20 heavy (non-hydrogen) atoms. The van der Waals surface area contributed by atoms with Crippen LogP contribution in [-0.2, 0) is 11.2 Å². The van der Waals surface area contributed by atoms with E-state index >= 15 is 0 Å². The van der Waals surface area contributed by atoms with Gasteiger partial charge in [0, 0.05) is 24.9 Å². The molecule has 0 unspecified atom stereocenters. The first-order valence-corrected chi connectivity index (χ1v) is 6.40. The van der Waals surface area contributed by atoms with Crippen LogP contribution in [0.5, 0.6) is 11.6 Å². The molecule has 2 aromatic rings. The fourth-order valence-electron chi connectivity index (χ4n) is 2.06. The van der Waals surface area contributed by atoms with Crippen molar-refractivity contribution in [2.45, 2.75) is 13.3 Å². The molecule has 0 aliphatic carbocycles. The maximum absolute atomic E-state index is 11.0. The van der Waals surface area contributed by atoms with E-state index in [9.17, 15) is 4.79 Å². The van der Waals surface area contributed by atoms with Gasteiger partial charge in [0.15, 0.2) is 0 Å². The first kappa shape index (κ1) is 14.1. The number of hydrogen-bond acceptors (Lipinski definition) is 4. The number of nitrogens with one attached hydrogen (secondary N) is 1. The van der Waals surface area contributed by atoms with Gasteiger partial charge in [0.1, 0.15) is 5.75 Å². The zero-order valence-electron chi connectivity index (χ0n) is 11.9. The van der Waals surface area contributed by atoms with E-state index in [1.54, 1.807) is 14.2 Å². The van der Waals surface area contributed by atoms with Gasteiger partial charge < -0.3 is 14.8 Å². The van der Waals surface area contributed by atoms with E-state index in [0.717, 1.165) is 22.2 Å². The summed E-state index contributed by atoms with van der Waals surface area (Å²) in [6.45, 7) is 2.09. The third-order valence-electron chi connectivity index (χ3n) is 3.06. The van der Waals surface area contributed by atoms with Crippen LogP contribution in [0.2, 0.25) is 0 Å². The first-order chi connectivity index (χ1) is 9.63. The monoisotopic (exact) mass is 274 g/mol. The van der Waals surface area contributed by atoms with Gasteiger partial charge in [0.05, 0.1) is 19.7 Å². The van der Waals surface area contributed by atoms with Crippen molar-refractivity contribution in [3.05, 3.63) is 29.8 Å². The van der Waals surface area contributed by atoms with Crippen molar-refractivity contribution in [3.63, 3.8) is 0 Å². The van der Waals surface area contributed by atoms with Crippen molar-refractivity contribution in [1.82, 2.24) is 10.3 Å². The number of pyridine rings is 1. The highest BCUT2D eigenvalue weighted by Gasteiger charge is 2.08. The van der Waals surface area contributed by atoms with Crippen molar-refractivity contribution >= 4 is 16.8 Å². The summed E-state index contributed by atoms with van der Waals surface area (Å²) < 4.78 is 10.5. The largest absolute Gasteiger partial charge is 0.497 e. The molecule has 0 saturated carbocycles. The molecule has 1 amide bonds. The number of benzene rings is 1. The number of ether oxygens (including phenoxy) is 2. The Morgan fingerprint density at radius 3 is 2.70 bits per heavy atom.